The number of hydrogen-bond donors (Lipinski definition) is 2. The number of anilines is 1. The van der Waals surface area contributed by atoms with Crippen LogP contribution in [-0.4, -0.2) is 43.6 Å². The molecule has 2 heterocycles. The average Bonchev–Trinajstić information content (AvgIpc) is 3.43. The number of methoxy groups -OCH3 is 1. The summed E-state index contributed by atoms with van der Waals surface area (Å²) in [5.74, 6) is -2.78. The summed E-state index contributed by atoms with van der Waals surface area (Å²) in [4.78, 5) is 40.4. The van der Waals surface area contributed by atoms with Crippen molar-refractivity contribution in [1.29, 1.82) is 0 Å². The first-order valence-corrected chi connectivity index (χ1v) is 12.3. The predicted octanol–water partition coefficient (Wildman–Crippen LogP) is 3.70. The summed E-state index contributed by atoms with van der Waals surface area (Å²) in [5, 5.41) is 6.25. The van der Waals surface area contributed by atoms with E-state index in [9.17, 15) is 14.4 Å². The van der Waals surface area contributed by atoms with Gasteiger partial charge in [-0.25, -0.2) is 0 Å². The number of carbonyl (C=O) groups is 3. The zero-order valence-electron chi connectivity index (χ0n) is 20.6. The molecule has 1 fully saturated rings. The summed E-state index contributed by atoms with van der Waals surface area (Å²) in [6, 6.07) is 25.1. The zero-order chi connectivity index (χ0) is 26.0. The molecule has 0 bridgehead atoms. The van der Waals surface area contributed by atoms with Gasteiger partial charge in [0, 0.05) is 11.7 Å². The molecule has 1 spiro atoms. The maximum atomic E-state index is 13.9. The molecule has 0 aromatic heterocycles. The second-order valence-corrected chi connectivity index (χ2v) is 9.06. The van der Waals surface area contributed by atoms with Crippen LogP contribution >= 0.6 is 0 Å². The minimum atomic E-state index is -1.43. The molecule has 4 atom stereocenters. The highest BCUT2D eigenvalue weighted by molar-refractivity contribution is 6.11. The Balaban J connectivity index is 1.77. The highest BCUT2D eigenvalue weighted by Gasteiger charge is 2.68. The van der Waals surface area contributed by atoms with E-state index in [4.69, 9.17) is 9.47 Å². The number of benzene rings is 3. The molecule has 3 aromatic carbocycles. The van der Waals surface area contributed by atoms with Crippen LogP contribution in [-0.2, 0) is 29.3 Å². The number of rotatable bonds is 6. The Morgan fingerprint density at radius 2 is 1.49 bits per heavy atom. The van der Waals surface area contributed by atoms with Crippen molar-refractivity contribution in [2.75, 3.05) is 19.0 Å². The van der Waals surface area contributed by atoms with Gasteiger partial charge in [0.05, 0.1) is 13.7 Å². The molecule has 0 unspecified atom stereocenters. The van der Waals surface area contributed by atoms with Gasteiger partial charge in [-0.2, -0.15) is 0 Å². The first-order valence-electron chi connectivity index (χ1n) is 12.3. The minimum Gasteiger partial charge on any atom is -0.469 e. The highest BCUT2D eigenvalue weighted by atomic mass is 16.5. The van der Waals surface area contributed by atoms with E-state index in [-0.39, 0.29) is 12.5 Å². The second-order valence-electron chi connectivity index (χ2n) is 9.06. The fraction of sp³-hybridized carbons (Fsp3) is 0.233. The van der Waals surface area contributed by atoms with Crippen molar-refractivity contribution < 1.29 is 23.9 Å². The van der Waals surface area contributed by atoms with Crippen LogP contribution in [0.15, 0.2) is 91.0 Å². The third kappa shape index (κ3) is 4.01. The third-order valence-electron chi connectivity index (χ3n) is 7.17. The highest BCUT2D eigenvalue weighted by Crippen LogP contribution is 2.51. The van der Waals surface area contributed by atoms with E-state index in [0.717, 1.165) is 16.7 Å². The summed E-state index contributed by atoms with van der Waals surface area (Å²) in [7, 11) is 1.26. The van der Waals surface area contributed by atoms with Gasteiger partial charge in [0.1, 0.15) is 17.4 Å². The number of carbonyl (C=O) groups excluding carboxylic acids is 3. The Morgan fingerprint density at radius 1 is 0.892 bits per heavy atom. The van der Waals surface area contributed by atoms with Crippen molar-refractivity contribution in [3.8, 4) is 0 Å². The molecule has 37 heavy (non-hydrogen) atoms. The average molecular weight is 497 g/mol. The Bertz CT molecular complexity index is 1310. The van der Waals surface area contributed by atoms with Crippen molar-refractivity contribution in [1.82, 2.24) is 5.32 Å². The molecular weight excluding hydrogens is 468 g/mol. The zero-order valence-corrected chi connectivity index (χ0v) is 20.6. The van der Waals surface area contributed by atoms with Crippen LogP contribution in [0.1, 0.15) is 23.6 Å². The SMILES string of the molecule is CCOC(=O)[C@H]1N[C@@H](C=C(c2ccccc2)c2ccccc2)[C@@]2(C(=O)Nc3ccccc32)[C@@H]1C(=O)OC. The van der Waals surface area contributed by atoms with Gasteiger partial charge in [0.2, 0.25) is 5.91 Å². The fourth-order valence-electron chi connectivity index (χ4n) is 5.62. The van der Waals surface area contributed by atoms with Crippen LogP contribution in [0.2, 0.25) is 0 Å². The minimum absolute atomic E-state index is 0.139. The van der Waals surface area contributed by atoms with Crippen LogP contribution in [0.3, 0.4) is 0 Å². The standard InChI is InChI=1S/C30H28N2O5/c1-3-37-28(34)26-25(27(33)36-2)30(22-16-10-11-17-23(22)31-29(30)35)24(32-26)18-21(19-12-6-4-7-13-19)20-14-8-5-9-15-20/h4-18,24-26,32H,3H2,1-2H3,(H,31,35)/t24-,25-,26-,30+/m0/s1. The van der Waals surface area contributed by atoms with Crippen LogP contribution in [0.5, 0.6) is 0 Å². The van der Waals surface area contributed by atoms with E-state index in [0.29, 0.717) is 11.3 Å². The Kier molecular flexibility index (Phi) is 6.63. The number of amides is 1. The molecule has 5 rings (SSSR count). The molecule has 0 radical (unpaired) electrons. The van der Waals surface area contributed by atoms with Crippen molar-refractivity contribution in [3.63, 3.8) is 0 Å². The molecule has 0 aliphatic carbocycles. The van der Waals surface area contributed by atoms with Crippen molar-refractivity contribution in [2.45, 2.75) is 24.4 Å². The van der Waals surface area contributed by atoms with E-state index in [2.05, 4.69) is 10.6 Å². The Hall–Kier alpha value is -4.23. The molecule has 7 heteroatoms. The van der Waals surface area contributed by atoms with E-state index in [1.807, 2.05) is 84.9 Å². The summed E-state index contributed by atoms with van der Waals surface area (Å²) in [5.41, 5.74) is 2.54. The lowest BCUT2D eigenvalue weighted by atomic mass is 9.66. The van der Waals surface area contributed by atoms with Crippen LogP contribution in [0.4, 0.5) is 5.69 Å². The Labute approximate surface area is 215 Å². The fourth-order valence-corrected chi connectivity index (χ4v) is 5.62. The normalized spacial score (nSPS) is 23.7. The summed E-state index contributed by atoms with van der Waals surface area (Å²) in [6.45, 7) is 1.84. The van der Waals surface area contributed by atoms with Gasteiger partial charge in [0.25, 0.3) is 0 Å². The maximum absolute atomic E-state index is 13.9. The van der Waals surface area contributed by atoms with E-state index in [1.54, 1.807) is 13.0 Å². The molecule has 188 valence electrons. The maximum Gasteiger partial charge on any atom is 0.324 e. The van der Waals surface area contributed by atoms with Gasteiger partial charge in [-0.1, -0.05) is 84.9 Å². The third-order valence-corrected chi connectivity index (χ3v) is 7.17. The van der Waals surface area contributed by atoms with Crippen molar-refractivity contribution in [2.24, 2.45) is 5.92 Å². The smallest absolute Gasteiger partial charge is 0.324 e. The molecule has 3 aromatic rings. The van der Waals surface area contributed by atoms with Gasteiger partial charge < -0.3 is 14.8 Å². The molecular formula is C30H28N2O5. The largest absolute Gasteiger partial charge is 0.469 e. The van der Waals surface area contributed by atoms with Gasteiger partial charge in [-0.15, -0.1) is 0 Å². The van der Waals surface area contributed by atoms with Crippen LogP contribution < -0.4 is 10.6 Å². The molecule has 0 saturated carbocycles. The number of para-hydroxylation sites is 1. The summed E-state index contributed by atoms with van der Waals surface area (Å²) < 4.78 is 10.5. The van der Waals surface area contributed by atoms with Gasteiger partial charge in [-0.3, -0.25) is 19.7 Å². The lowest BCUT2D eigenvalue weighted by Crippen LogP contribution is -2.51. The molecule has 2 aliphatic heterocycles. The monoisotopic (exact) mass is 496 g/mol. The van der Waals surface area contributed by atoms with Gasteiger partial charge in [-0.05, 0) is 35.3 Å². The molecule has 2 aliphatic rings. The first-order chi connectivity index (χ1) is 18.0. The number of hydrogen-bond acceptors (Lipinski definition) is 6. The quantitative estimate of drug-likeness (QED) is 0.506. The number of esters is 2. The molecule has 1 amide bonds. The lowest BCUT2D eigenvalue weighted by molar-refractivity contribution is -0.157. The second kappa shape index (κ2) is 10.0. The number of fused-ring (bicyclic) bond motifs is 2. The number of ether oxygens (including phenoxy) is 2. The lowest BCUT2D eigenvalue weighted by Gasteiger charge is -2.32. The van der Waals surface area contributed by atoms with Gasteiger partial charge in [0.15, 0.2) is 0 Å². The summed E-state index contributed by atoms with van der Waals surface area (Å²) >= 11 is 0. The topological polar surface area (TPSA) is 93.7 Å². The predicted molar refractivity (Wildman–Crippen MR) is 140 cm³/mol. The van der Waals surface area contributed by atoms with Gasteiger partial charge >= 0.3 is 11.9 Å². The Morgan fingerprint density at radius 3 is 2.08 bits per heavy atom. The van der Waals surface area contributed by atoms with Crippen LogP contribution in [0, 0.1) is 5.92 Å². The van der Waals surface area contributed by atoms with E-state index < -0.39 is 35.4 Å². The van der Waals surface area contributed by atoms with Crippen LogP contribution in [0.25, 0.3) is 5.57 Å². The summed E-state index contributed by atoms with van der Waals surface area (Å²) in [6.07, 6.45) is 1.95. The van der Waals surface area contributed by atoms with Crippen molar-refractivity contribution in [3.05, 3.63) is 108 Å². The molecule has 1 saturated heterocycles. The van der Waals surface area contributed by atoms with E-state index in [1.165, 1.54) is 7.11 Å². The first kappa shape index (κ1) is 24.5. The van der Waals surface area contributed by atoms with E-state index >= 15 is 0 Å². The number of nitrogens with one attached hydrogen (secondary N) is 2. The molecule has 2 N–H and O–H groups in total. The molecule has 7 nitrogen and oxygen atoms in total. The van der Waals surface area contributed by atoms with Crippen molar-refractivity contribution >= 4 is 29.1 Å².